The first-order chi connectivity index (χ1) is 8.70. The number of ether oxygens (including phenoxy) is 1. The van der Waals surface area contributed by atoms with Crippen molar-refractivity contribution >= 4 is 0 Å². The summed E-state index contributed by atoms with van der Waals surface area (Å²) in [5.74, 6) is 0. The quantitative estimate of drug-likeness (QED) is 0.859. The van der Waals surface area contributed by atoms with Gasteiger partial charge in [-0.3, -0.25) is 0 Å². The highest BCUT2D eigenvalue weighted by Gasteiger charge is 2.18. The van der Waals surface area contributed by atoms with Crippen LogP contribution in [0, 0.1) is 13.8 Å². The van der Waals surface area contributed by atoms with Crippen molar-refractivity contribution < 1.29 is 4.74 Å². The van der Waals surface area contributed by atoms with Gasteiger partial charge in [-0.2, -0.15) is 0 Å². The van der Waals surface area contributed by atoms with Gasteiger partial charge in [0.05, 0.1) is 6.10 Å². The average Bonchev–Trinajstić information content (AvgIpc) is 2.87. The standard InChI is InChI=1S/C16H25NO/c1-12-6-7-13(2)15(11-12)16(17-3)9-8-14-5-4-10-18-14/h6-7,11,14,16-17H,4-5,8-10H2,1-3H3. The van der Waals surface area contributed by atoms with E-state index in [2.05, 4.69) is 44.4 Å². The molecule has 0 bridgehead atoms. The number of nitrogens with one attached hydrogen (secondary N) is 1. The van der Waals surface area contributed by atoms with E-state index in [1.807, 2.05) is 0 Å². The highest BCUT2D eigenvalue weighted by Crippen LogP contribution is 2.26. The van der Waals surface area contributed by atoms with Crippen molar-refractivity contribution in [2.75, 3.05) is 13.7 Å². The van der Waals surface area contributed by atoms with Crippen molar-refractivity contribution in [2.24, 2.45) is 0 Å². The van der Waals surface area contributed by atoms with Crippen LogP contribution >= 0.6 is 0 Å². The Balaban J connectivity index is 2.00. The van der Waals surface area contributed by atoms with E-state index in [1.54, 1.807) is 0 Å². The third kappa shape index (κ3) is 3.33. The summed E-state index contributed by atoms with van der Waals surface area (Å²) in [6.07, 6.45) is 5.29. The maximum atomic E-state index is 5.71. The molecule has 0 radical (unpaired) electrons. The topological polar surface area (TPSA) is 21.3 Å². The van der Waals surface area contributed by atoms with Gasteiger partial charge in [0, 0.05) is 12.6 Å². The molecular formula is C16H25NO. The molecule has 1 aromatic carbocycles. The molecule has 1 aliphatic rings. The van der Waals surface area contributed by atoms with Crippen LogP contribution in [0.2, 0.25) is 0 Å². The second-order valence-electron chi connectivity index (χ2n) is 5.41. The van der Waals surface area contributed by atoms with E-state index in [1.165, 1.54) is 36.0 Å². The Kier molecular flexibility index (Phi) is 4.79. The molecule has 2 heteroatoms. The van der Waals surface area contributed by atoms with Crippen molar-refractivity contribution in [1.29, 1.82) is 0 Å². The molecule has 1 aromatic rings. The van der Waals surface area contributed by atoms with E-state index < -0.39 is 0 Å². The van der Waals surface area contributed by atoms with Crippen molar-refractivity contribution in [3.63, 3.8) is 0 Å². The first-order valence-corrected chi connectivity index (χ1v) is 7.06. The van der Waals surface area contributed by atoms with Gasteiger partial charge in [-0.25, -0.2) is 0 Å². The zero-order chi connectivity index (χ0) is 13.0. The van der Waals surface area contributed by atoms with Crippen LogP contribution in [0.25, 0.3) is 0 Å². The number of benzene rings is 1. The maximum absolute atomic E-state index is 5.71. The summed E-state index contributed by atoms with van der Waals surface area (Å²) >= 11 is 0. The lowest BCUT2D eigenvalue weighted by molar-refractivity contribution is 0.0998. The monoisotopic (exact) mass is 247 g/mol. The second-order valence-corrected chi connectivity index (χ2v) is 5.41. The molecule has 1 saturated heterocycles. The highest BCUT2D eigenvalue weighted by molar-refractivity contribution is 5.32. The van der Waals surface area contributed by atoms with Gasteiger partial charge < -0.3 is 10.1 Å². The summed E-state index contributed by atoms with van der Waals surface area (Å²) < 4.78 is 5.71. The van der Waals surface area contributed by atoms with Gasteiger partial charge in [0.25, 0.3) is 0 Å². The molecule has 2 unspecified atom stereocenters. The van der Waals surface area contributed by atoms with Crippen LogP contribution < -0.4 is 5.32 Å². The van der Waals surface area contributed by atoms with E-state index in [0.29, 0.717) is 12.1 Å². The van der Waals surface area contributed by atoms with Gasteiger partial charge in [0.1, 0.15) is 0 Å². The minimum Gasteiger partial charge on any atom is -0.378 e. The Morgan fingerprint density at radius 2 is 2.22 bits per heavy atom. The number of rotatable bonds is 5. The van der Waals surface area contributed by atoms with Crippen LogP contribution in [0.1, 0.15) is 48.4 Å². The molecule has 1 N–H and O–H groups in total. The van der Waals surface area contributed by atoms with Crippen LogP contribution in [-0.4, -0.2) is 19.8 Å². The fraction of sp³-hybridized carbons (Fsp3) is 0.625. The van der Waals surface area contributed by atoms with Crippen molar-refractivity contribution in [3.8, 4) is 0 Å². The number of hydrogen-bond donors (Lipinski definition) is 1. The fourth-order valence-corrected chi connectivity index (χ4v) is 2.82. The van der Waals surface area contributed by atoms with Gasteiger partial charge in [-0.05, 0) is 57.7 Å². The molecular weight excluding hydrogens is 222 g/mol. The first kappa shape index (κ1) is 13.6. The van der Waals surface area contributed by atoms with E-state index in [-0.39, 0.29) is 0 Å². The third-order valence-electron chi connectivity index (χ3n) is 3.96. The summed E-state index contributed by atoms with van der Waals surface area (Å²) in [4.78, 5) is 0. The molecule has 100 valence electrons. The first-order valence-electron chi connectivity index (χ1n) is 7.06. The molecule has 1 fully saturated rings. The molecule has 18 heavy (non-hydrogen) atoms. The minimum absolute atomic E-state index is 0.453. The van der Waals surface area contributed by atoms with E-state index in [9.17, 15) is 0 Å². The Morgan fingerprint density at radius 3 is 2.89 bits per heavy atom. The Labute approximate surface area is 111 Å². The van der Waals surface area contributed by atoms with E-state index in [0.717, 1.165) is 13.0 Å². The van der Waals surface area contributed by atoms with E-state index in [4.69, 9.17) is 4.74 Å². The summed E-state index contributed by atoms with van der Waals surface area (Å²) in [6.45, 7) is 5.32. The second kappa shape index (κ2) is 6.35. The predicted molar refractivity (Wildman–Crippen MR) is 75.9 cm³/mol. The molecule has 2 nitrogen and oxygen atoms in total. The number of aryl methyl sites for hydroxylation is 2. The minimum atomic E-state index is 0.453. The van der Waals surface area contributed by atoms with Crippen LogP contribution in [0.15, 0.2) is 18.2 Å². The lowest BCUT2D eigenvalue weighted by atomic mass is 9.94. The molecule has 0 aromatic heterocycles. The Bertz CT molecular complexity index is 383. The molecule has 1 heterocycles. The van der Waals surface area contributed by atoms with E-state index >= 15 is 0 Å². The lowest BCUT2D eigenvalue weighted by Crippen LogP contribution is -2.19. The van der Waals surface area contributed by atoms with Crippen LogP contribution in [0.3, 0.4) is 0 Å². The smallest absolute Gasteiger partial charge is 0.0576 e. The van der Waals surface area contributed by atoms with Gasteiger partial charge in [0.2, 0.25) is 0 Å². The van der Waals surface area contributed by atoms with Crippen molar-refractivity contribution in [1.82, 2.24) is 5.32 Å². The largest absolute Gasteiger partial charge is 0.378 e. The fourth-order valence-electron chi connectivity index (χ4n) is 2.82. The van der Waals surface area contributed by atoms with Gasteiger partial charge in [-0.1, -0.05) is 23.8 Å². The SMILES string of the molecule is CNC(CCC1CCCO1)c1cc(C)ccc1C. The van der Waals surface area contributed by atoms with Crippen LogP contribution in [0.4, 0.5) is 0 Å². The van der Waals surface area contributed by atoms with Gasteiger partial charge >= 0.3 is 0 Å². The molecule has 2 atom stereocenters. The summed E-state index contributed by atoms with van der Waals surface area (Å²) in [6, 6.07) is 7.17. The maximum Gasteiger partial charge on any atom is 0.0576 e. The molecule has 2 rings (SSSR count). The van der Waals surface area contributed by atoms with Crippen LogP contribution in [0.5, 0.6) is 0 Å². The molecule has 0 amide bonds. The Hall–Kier alpha value is -0.860. The molecule has 0 spiro atoms. The zero-order valence-corrected chi connectivity index (χ0v) is 11.8. The normalized spacial score (nSPS) is 21.2. The number of hydrogen-bond acceptors (Lipinski definition) is 2. The Morgan fingerprint density at radius 1 is 1.39 bits per heavy atom. The van der Waals surface area contributed by atoms with Crippen LogP contribution in [-0.2, 0) is 4.74 Å². The summed E-state index contributed by atoms with van der Waals surface area (Å²) in [7, 11) is 2.06. The molecule has 1 aliphatic heterocycles. The predicted octanol–water partition coefficient (Wildman–Crippen LogP) is 3.52. The lowest BCUT2D eigenvalue weighted by Gasteiger charge is -2.21. The summed E-state index contributed by atoms with van der Waals surface area (Å²) in [5, 5.41) is 3.45. The van der Waals surface area contributed by atoms with Crippen molar-refractivity contribution in [2.45, 2.75) is 51.7 Å². The molecule has 0 aliphatic carbocycles. The average molecular weight is 247 g/mol. The molecule has 0 saturated carbocycles. The zero-order valence-electron chi connectivity index (χ0n) is 11.8. The summed E-state index contributed by atoms with van der Waals surface area (Å²) in [5.41, 5.74) is 4.16. The highest BCUT2D eigenvalue weighted by atomic mass is 16.5. The van der Waals surface area contributed by atoms with Gasteiger partial charge in [0.15, 0.2) is 0 Å². The van der Waals surface area contributed by atoms with Crippen molar-refractivity contribution in [3.05, 3.63) is 34.9 Å². The van der Waals surface area contributed by atoms with Gasteiger partial charge in [-0.15, -0.1) is 0 Å². The third-order valence-corrected chi connectivity index (χ3v) is 3.96.